The zero-order valence-corrected chi connectivity index (χ0v) is 13.2. The summed E-state index contributed by atoms with van der Waals surface area (Å²) in [5, 5.41) is 2.88. The van der Waals surface area contributed by atoms with Gasteiger partial charge in [-0.2, -0.15) is 0 Å². The van der Waals surface area contributed by atoms with Crippen molar-refractivity contribution in [2.24, 2.45) is 0 Å². The Balaban J connectivity index is 1.64. The number of carbonyl (C=O) groups excluding carboxylic acids is 1. The number of anilines is 2. The fraction of sp³-hybridized carbons (Fsp3) is 0.333. The first-order valence-corrected chi connectivity index (χ1v) is 7.89. The molecule has 1 N–H and O–H groups in total. The SMILES string of the molecule is Cc1nc(N2CCCC2)ccc1NC(=O)Cc1ccc(F)cc1. The van der Waals surface area contributed by atoms with Crippen molar-refractivity contribution < 1.29 is 9.18 Å². The molecule has 4 nitrogen and oxygen atoms in total. The van der Waals surface area contributed by atoms with Crippen molar-refractivity contribution in [2.75, 3.05) is 23.3 Å². The molecule has 1 amide bonds. The normalized spacial score (nSPS) is 14.1. The molecule has 0 bridgehead atoms. The molecule has 1 aromatic carbocycles. The second kappa shape index (κ2) is 6.77. The summed E-state index contributed by atoms with van der Waals surface area (Å²) in [5.74, 6) is 0.540. The smallest absolute Gasteiger partial charge is 0.228 e. The number of hydrogen-bond acceptors (Lipinski definition) is 3. The molecule has 23 heavy (non-hydrogen) atoms. The second-order valence-electron chi connectivity index (χ2n) is 5.85. The summed E-state index contributed by atoms with van der Waals surface area (Å²) in [6.45, 7) is 3.98. The van der Waals surface area contributed by atoms with Gasteiger partial charge in [-0.05, 0) is 49.6 Å². The quantitative estimate of drug-likeness (QED) is 0.942. The van der Waals surface area contributed by atoms with E-state index < -0.39 is 0 Å². The van der Waals surface area contributed by atoms with Crippen LogP contribution in [0.1, 0.15) is 24.1 Å². The van der Waals surface area contributed by atoms with Crippen molar-refractivity contribution in [1.82, 2.24) is 4.98 Å². The highest BCUT2D eigenvalue weighted by molar-refractivity contribution is 5.92. The lowest BCUT2D eigenvalue weighted by Gasteiger charge is -2.18. The van der Waals surface area contributed by atoms with E-state index in [1.165, 1.54) is 25.0 Å². The van der Waals surface area contributed by atoms with Crippen LogP contribution in [0.4, 0.5) is 15.9 Å². The lowest BCUT2D eigenvalue weighted by Crippen LogP contribution is -2.20. The molecule has 0 aliphatic carbocycles. The molecule has 1 fully saturated rings. The number of carbonyl (C=O) groups is 1. The Hall–Kier alpha value is -2.43. The Morgan fingerprint density at radius 3 is 2.52 bits per heavy atom. The highest BCUT2D eigenvalue weighted by atomic mass is 19.1. The number of pyridine rings is 1. The van der Waals surface area contributed by atoms with Crippen molar-refractivity contribution in [1.29, 1.82) is 0 Å². The Labute approximate surface area is 135 Å². The van der Waals surface area contributed by atoms with Gasteiger partial charge in [0.25, 0.3) is 0 Å². The van der Waals surface area contributed by atoms with Crippen LogP contribution in [0.5, 0.6) is 0 Å². The van der Waals surface area contributed by atoms with E-state index in [0.29, 0.717) is 0 Å². The topological polar surface area (TPSA) is 45.2 Å². The van der Waals surface area contributed by atoms with Crippen LogP contribution in [0.25, 0.3) is 0 Å². The summed E-state index contributed by atoms with van der Waals surface area (Å²) in [6.07, 6.45) is 2.63. The fourth-order valence-electron chi connectivity index (χ4n) is 2.78. The van der Waals surface area contributed by atoms with Crippen molar-refractivity contribution in [3.8, 4) is 0 Å². The Morgan fingerprint density at radius 2 is 1.87 bits per heavy atom. The van der Waals surface area contributed by atoms with Gasteiger partial charge in [-0.1, -0.05) is 12.1 Å². The molecule has 2 heterocycles. The number of halogens is 1. The third kappa shape index (κ3) is 3.86. The number of benzene rings is 1. The van der Waals surface area contributed by atoms with Gasteiger partial charge in [0.15, 0.2) is 0 Å². The standard InChI is InChI=1S/C18H20FN3O/c1-13-16(8-9-17(20-13)22-10-2-3-11-22)21-18(23)12-14-4-6-15(19)7-5-14/h4-9H,2-3,10-12H2,1H3,(H,21,23). The Bertz CT molecular complexity index is 694. The van der Waals surface area contributed by atoms with Crippen molar-refractivity contribution in [3.63, 3.8) is 0 Å². The van der Waals surface area contributed by atoms with Gasteiger partial charge in [-0.25, -0.2) is 9.37 Å². The molecule has 1 aliphatic heterocycles. The largest absolute Gasteiger partial charge is 0.357 e. The van der Waals surface area contributed by atoms with Gasteiger partial charge < -0.3 is 10.2 Å². The van der Waals surface area contributed by atoms with Gasteiger partial charge in [-0.15, -0.1) is 0 Å². The van der Waals surface area contributed by atoms with E-state index in [4.69, 9.17) is 0 Å². The molecule has 0 saturated carbocycles. The molecule has 1 aliphatic rings. The first-order chi connectivity index (χ1) is 11.1. The van der Waals surface area contributed by atoms with E-state index >= 15 is 0 Å². The molecular weight excluding hydrogens is 293 g/mol. The van der Waals surface area contributed by atoms with Crippen LogP contribution < -0.4 is 10.2 Å². The predicted octanol–water partition coefficient (Wildman–Crippen LogP) is 3.31. The monoisotopic (exact) mass is 313 g/mol. The van der Waals surface area contributed by atoms with E-state index in [2.05, 4.69) is 15.2 Å². The van der Waals surface area contributed by atoms with Gasteiger partial charge in [0.2, 0.25) is 5.91 Å². The highest BCUT2D eigenvalue weighted by Gasteiger charge is 2.15. The van der Waals surface area contributed by atoms with Gasteiger partial charge in [-0.3, -0.25) is 4.79 Å². The molecule has 3 rings (SSSR count). The minimum absolute atomic E-state index is 0.129. The van der Waals surface area contributed by atoms with Crippen LogP contribution in [0, 0.1) is 12.7 Å². The van der Waals surface area contributed by atoms with Crippen molar-refractivity contribution >= 4 is 17.4 Å². The number of nitrogens with one attached hydrogen (secondary N) is 1. The number of aromatic nitrogens is 1. The summed E-state index contributed by atoms with van der Waals surface area (Å²) in [6, 6.07) is 9.82. The zero-order chi connectivity index (χ0) is 16.2. The van der Waals surface area contributed by atoms with E-state index in [1.54, 1.807) is 12.1 Å². The highest BCUT2D eigenvalue weighted by Crippen LogP contribution is 2.22. The van der Waals surface area contributed by atoms with E-state index in [9.17, 15) is 9.18 Å². The molecule has 0 unspecified atom stereocenters. The molecular formula is C18H20FN3O. The van der Waals surface area contributed by atoms with Crippen LogP contribution in [0.15, 0.2) is 36.4 Å². The van der Waals surface area contributed by atoms with Crippen LogP contribution in [0.3, 0.4) is 0 Å². The van der Waals surface area contributed by atoms with Crippen LogP contribution in [-0.4, -0.2) is 24.0 Å². The number of hydrogen-bond donors (Lipinski definition) is 1. The number of amides is 1. The molecule has 120 valence electrons. The van der Waals surface area contributed by atoms with Crippen LogP contribution in [-0.2, 0) is 11.2 Å². The summed E-state index contributed by atoms with van der Waals surface area (Å²) < 4.78 is 12.9. The number of rotatable bonds is 4. The predicted molar refractivity (Wildman–Crippen MR) is 89.2 cm³/mol. The van der Waals surface area contributed by atoms with Gasteiger partial charge in [0.1, 0.15) is 11.6 Å². The summed E-state index contributed by atoms with van der Waals surface area (Å²) in [7, 11) is 0. The molecule has 1 saturated heterocycles. The molecule has 0 atom stereocenters. The molecule has 1 aromatic heterocycles. The van der Waals surface area contributed by atoms with Gasteiger partial charge >= 0.3 is 0 Å². The van der Waals surface area contributed by atoms with E-state index in [0.717, 1.165) is 35.9 Å². The molecule has 0 radical (unpaired) electrons. The second-order valence-corrected chi connectivity index (χ2v) is 5.85. The van der Waals surface area contributed by atoms with E-state index in [-0.39, 0.29) is 18.1 Å². The lowest BCUT2D eigenvalue weighted by molar-refractivity contribution is -0.115. The zero-order valence-electron chi connectivity index (χ0n) is 13.2. The van der Waals surface area contributed by atoms with E-state index in [1.807, 2.05) is 19.1 Å². The maximum atomic E-state index is 12.9. The maximum absolute atomic E-state index is 12.9. The number of nitrogens with zero attached hydrogens (tertiary/aromatic N) is 2. The lowest BCUT2D eigenvalue weighted by atomic mass is 10.1. The van der Waals surface area contributed by atoms with Crippen molar-refractivity contribution in [2.45, 2.75) is 26.2 Å². The van der Waals surface area contributed by atoms with Crippen molar-refractivity contribution in [3.05, 3.63) is 53.5 Å². The first-order valence-electron chi connectivity index (χ1n) is 7.89. The summed E-state index contributed by atoms with van der Waals surface area (Å²) in [5.41, 5.74) is 2.31. The van der Waals surface area contributed by atoms with Crippen LogP contribution in [0.2, 0.25) is 0 Å². The minimum atomic E-state index is -0.299. The Morgan fingerprint density at radius 1 is 1.17 bits per heavy atom. The van der Waals surface area contributed by atoms with Gasteiger partial charge in [0, 0.05) is 13.1 Å². The average Bonchev–Trinajstić information content (AvgIpc) is 3.06. The minimum Gasteiger partial charge on any atom is -0.357 e. The summed E-state index contributed by atoms with van der Waals surface area (Å²) >= 11 is 0. The molecule has 5 heteroatoms. The molecule has 0 spiro atoms. The first kappa shape index (κ1) is 15.5. The third-order valence-corrected chi connectivity index (χ3v) is 4.05. The average molecular weight is 313 g/mol. The maximum Gasteiger partial charge on any atom is 0.228 e. The van der Waals surface area contributed by atoms with Crippen LogP contribution >= 0.6 is 0 Å². The number of aryl methyl sites for hydroxylation is 1. The third-order valence-electron chi connectivity index (χ3n) is 4.05. The van der Waals surface area contributed by atoms with Gasteiger partial charge in [0.05, 0.1) is 17.8 Å². The Kier molecular flexibility index (Phi) is 4.55. The summed E-state index contributed by atoms with van der Waals surface area (Å²) in [4.78, 5) is 19.0. The molecule has 2 aromatic rings. The fourth-order valence-corrected chi connectivity index (χ4v) is 2.78.